The number of fused-ring (bicyclic) bond motifs is 1. The average molecular weight is 284 g/mol. The highest BCUT2D eigenvalue weighted by Gasteiger charge is 2.16. The molecule has 0 aliphatic rings. The Kier molecular flexibility index (Phi) is 2.83. The number of nitro groups is 2. The number of nitrogens with zero attached hydrogens (tertiary/aromatic N) is 4. The summed E-state index contributed by atoms with van der Waals surface area (Å²) in [5, 5.41) is 26.6. The monoisotopic (exact) mass is 284 g/mol. The zero-order valence-electron chi connectivity index (χ0n) is 10.5. The Morgan fingerprint density at radius 2 is 1.76 bits per heavy atom. The van der Waals surface area contributed by atoms with Gasteiger partial charge in [0.25, 0.3) is 11.4 Å². The van der Waals surface area contributed by atoms with Gasteiger partial charge in [-0.05, 0) is 12.1 Å². The summed E-state index contributed by atoms with van der Waals surface area (Å²) in [6.45, 7) is 0. The summed E-state index contributed by atoms with van der Waals surface area (Å²) in [5.41, 5.74) is 0.554. The molecule has 0 saturated heterocycles. The van der Waals surface area contributed by atoms with Gasteiger partial charge in [-0.25, -0.2) is 4.68 Å². The van der Waals surface area contributed by atoms with Gasteiger partial charge >= 0.3 is 0 Å². The minimum absolute atomic E-state index is 0.0738. The summed E-state index contributed by atoms with van der Waals surface area (Å²) in [6.07, 6.45) is 1.60. The third kappa shape index (κ3) is 2.18. The normalized spacial score (nSPS) is 10.7. The lowest BCUT2D eigenvalue weighted by atomic mass is 10.2. The van der Waals surface area contributed by atoms with Crippen molar-refractivity contribution in [1.29, 1.82) is 0 Å². The second-order valence-electron chi connectivity index (χ2n) is 4.32. The summed E-state index contributed by atoms with van der Waals surface area (Å²) < 4.78 is 1.35. The number of non-ortho nitro benzene ring substituents is 1. The molecule has 1 aromatic heterocycles. The van der Waals surface area contributed by atoms with Crippen LogP contribution in [0.3, 0.4) is 0 Å². The van der Waals surface area contributed by atoms with Gasteiger partial charge in [0.15, 0.2) is 0 Å². The molecule has 0 unspecified atom stereocenters. The Hall–Kier alpha value is -3.29. The van der Waals surface area contributed by atoms with Crippen LogP contribution in [0.5, 0.6) is 0 Å². The summed E-state index contributed by atoms with van der Waals surface area (Å²) in [5.74, 6) is 0. The van der Waals surface area contributed by atoms with Gasteiger partial charge in [0, 0.05) is 29.8 Å². The SMILES string of the molecule is O=[N+]([O-])c1ccc2cn(-c3ccccc3[N+](=O)[O-])nc2c1. The Balaban J connectivity index is 2.18. The van der Waals surface area contributed by atoms with Crippen LogP contribution in [0.25, 0.3) is 16.6 Å². The summed E-state index contributed by atoms with van der Waals surface area (Å²) in [4.78, 5) is 20.8. The minimum Gasteiger partial charge on any atom is -0.258 e. The van der Waals surface area contributed by atoms with Crippen LogP contribution in [0, 0.1) is 20.2 Å². The lowest BCUT2D eigenvalue weighted by molar-refractivity contribution is -0.384. The molecule has 0 radical (unpaired) electrons. The molecule has 104 valence electrons. The van der Waals surface area contributed by atoms with Gasteiger partial charge in [-0.3, -0.25) is 20.2 Å². The van der Waals surface area contributed by atoms with Crippen LogP contribution in [0.1, 0.15) is 0 Å². The first-order chi connectivity index (χ1) is 10.1. The molecule has 0 N–H and O–H groups in total. The second-order valence-corrected chi connectivity index (χ2v) is 4.32. The third-order valence-electron chi connectivity index (χ3n) is 3.03. The number of hydrogen-bond donors (Lipinski definition) is 0. The molecular weight excluding hydrogens is 276 g/mol. The molecule has 3 rings (SSSR count). The molecule has 1 heterocycles. The molecule has 8 heteroatoms. The molecule has 0 bridgehead atoms. The van der Waals surface area contributed by atoms with E-state index in [2.05, 4.69) is 5.10 Å². The Morgan fingerprint density at radius 3 is 2.48 bits per heavy atom. The van der Waals surface area contributed by atoms with E-state index >= 15 is 0 Å². The fourth-order valence-electron chi connectivity index (χ4n) is 2.05. The lowest BCUT2D eigenvalue weighted by Crippen LogP contribution is -2.00. The maximum absolute atomic E-state index is 11.0. The quantitative estimate of drug-likeness (QED) is 0.543. The first-order valence-electron chi connectivity index (χ1n) is 5.94. The van der Waals surface area contributed by atoms with Gasteiger partial charge < -0.3 is 0 Å². The van der Waals surface area contributed by atoms with Crippen molar-refractivity contribution < 1.29 is 9.85 Å². The molecule has 0 spiro atoms. The Labute approximate surface area is 117 Å². The van der Waals surface area contributed by atoms with E-state index in [0.29, 0.717) is 16.6 Å². The fraction of sp³-hybridized carbons (Fsp3) is 0. The maximum atomic E-state index is 11.0. The van der Waals surface area contributed by atoms with E-state index in [4.69, 9.17) is 0 Å². The summed E-state index contributed by atoms with van der Waals surface area (Å²) in [6, 6.07) is 10.4. The highest BCUT2D eigenvalue weighted by atomic mass is 16.6. The van der Waals surface area contributed by atoms with E-state index in [1.54, 1.807) is 30.5 Å². The Morgan fingerprint density at radius 1 is 1.00 bits per heavy atom. The van der Waals surface area contributed by atoms with Crippen LogP contribution >= 0.6 is 0 Å². The van der Waals surface area contributed by atoms with Gasteiger partial charge in [-0.15, -0.1) is 0 Å². The first kappa shape index (κ1) is 12.7. The van der Waals surface area contributed by atoms with Crippen molar-refractivity contribution in [1.82, 2.24) is 9.78 Å². The van der Waals surface area contributed by atoms with Crippen LogP contribution in [-0.2, 0) is 0 Å². The van der Waals surface area contributed by atoms with Crippen molar-refractivity contribution in [3.63, 3.8) is 0 Å². The van der Waals surface area contributed by atoms with E-state index in [-0.39, 0.29) is 11.4 Å². The maximum Gasteiger partial charge on any atom is 0.294 e. The molecule has 8 nitrogen and oxygen atoms in total. The van der Waals surface area contributed by atoms with E-state index in [9.17, 15) is 20.2 Å². The van der Waals surface area contributed by atoms with Gasteiger partial charge in [0.1, 0.15) is 5.69 Å². The largest absolute Gasteiger partial charge is 0.294 e. The van der Waals surface area contributed by atoms with Gasteiger partial charge in [0.05, 0.1) is 15.4 Å². The smallest absolute Gasteiger partial charge is 0.258 e. The molecule has 0 aliphatic carbocycles. The van der Waals surface area contributed by atoms with Crippen molar-refractivity contribution in [2.75, 3.05) is 0 Å². The summed E-state index contributed by atoms with van der Waals surface area (Å²) in [7, 11) is 0. The fourth-order valence-corrected chi connectivity index (χ4v) is 2.05. The molecule has 0 fully saturated rings. The third-order valence-corrected chi connectivity index (χ3v) is 3.03. The zero-order chi connectivity index (χ0) is 15.0. The second kappa shape index (κ2) is 4.67. The van der Waals surface area contributed by atoms with Crippen molar-refractivity contribution in [2.45, 2.75) is 0 Å². The molecule has 3 aromatic rings. The number of hydrogen-bond acceptors (Lipinski definition) is 5. The van der Waals surface area contributed by atoms with Gasteiger partial charge in [-0.2, -0.15) is 5.10 Å². The van der Waals surface area contributed by atoms with Crippen molar-refractivity contribution >= 4 is 22.3 Å². The standard InChI is InChI=1S/C13H8N4O4/c18-16(19)10-6-5-9-8-15(14-11(9)7-10)12-3-1-2-4-13(12)17(20)21/h1-8H. The lowest BCUT2D eigenvalue weighted by Gasteiger charge is -2.01. The zero-order valence-corrected chi connectivity index (χ0v) is 10.5. The number of benzene rings is 2. The van der Waals surface area contributed by atoms with E-state index in [0.717, 1.165) is 0 Å². The van der Waals surface area contributed by atoms with E-state index in [1.165, 1.54) is 22.9 Å². The van der Waals surface area contributed by atoms with Gasteiger partial charge in [-0.1, -0.05) is 12.1 Å². The number of rotatable bonds is 3. The number of nitro benzene ring substituents is 2. The average Bonchev–Trinajstić information content (AvgIpc) is 2.89. The van der Waals surface area contributed by atoms with E-state index in [1.807, 2.05) is 0 Å². The van der Waals surface area contributed by atoms with Crippen LogP contribution in [0.4, 0.5) is 11.4 Å². The predicted octanol–water partition coefficient (Wildman–Crippen LogP) is 2.84. The highest BCUT2D eigenvalue weighted by Crippen LogP contribution is 2.25. The minimum atomic E-state index is -0.510. The van der Waals surface area contributed by atoms with E-state index < -0.39 is 9.85 Å². The molecule has 0 saturated carbocycles. The van der Waals surface area contributed by atoms with Crippen molar-refractivity contribution in [2.24, 2.45) is 0 Å². The molecule has 2 aromatic carbocycles. The molecule has 0 atom stereocenters. The molecule has 0 aliphatic heterocycles. The van der Waals surface area contributed by atoms with Crippen LogP contribution in [-0.4, -0.2) is 19.6 Å². The molecule has 0 amide bonds. The van der Waals surface area contributed by atoms with Crippen molar-refractivity contribution in [3.05, 3.63) is 68.9 Å². The highest BCUT2D eigenvalue weighted by molar-refractivity contribution is 5.81. The topological polar surface area (TPSA) is 104 Å². The van der Waals surface area contributed by atoms with Crippen molar-refractivity contribution in [3.8, 4) is 5.69 Å². The number of para-hydroxylation sites is 2. The van der Waals surface area contributed by atoms with Gasteiger partial charge in [0.2, 0.25) is 0 Å². The number of aromatic nitrogens is 2. The van der Waals surface area contributed by atoms with Crippen LogP contribution in [0.2, 0.25) is 0 Å². The Bertz CT molecular complexity index is 871. The molecular formula is C13H8N4O4. The molecule has 21 heavy (non-hydrogen) atoms. The summed E-state index contributed by atoms with van der Waals surface area (Å²) >= 11 is 0. The van der Waals surface area contributed by atoms with Crippen LogP contribution in [0.15, 0.2) is 48.7 Å². The van der Waals surface area contributed by atoms with Crippen LogP contribution < -0.4 is 0 Å². The first-order valence-corrected chi connectivity index (χ1v) is 5.94. The predicted molar refractivity (Wildman–Crippen MR) is 74.4 cm³/mol.